The third kappa shape index (κ3) is 5.01. The Labute approximate surface area is 248 Å². The molecule has 3 atom stereocenters. The van der Waals surface area contributed by atoms with E-state index in [2.05, 4.69) is 20.3 Å². The van der Waals surface area contributed by atoms with Crippen molar-refractivity contribution in [3.8, 4) is 11.5 Å². The summed E-state index contributed by atoms with van der Waals surface area (Å²) in [4.78, 5) is 23.8. The van der Waals surface area contributed by atoms with E-state index in [1.54, 1.807) is 25.8 Å². The molecule has 222 valence electrons. The van der Waals surface area contributed by atoms with Crippen LogP contribution >= 0.6 is 0 Å². The molecule has 3 heterocycles. The van der Waals surface area contributed by atoms with Gasteiger partial charge in [-0.05, 0) is 17.2 Å². The van der Waals surface area contributed by atoms with Crippen molar-refractivity contribution < 1.29 is 24.1 Å². The van der Waals surface area contributed by atoms with Crippen LogP contribution in [-0.2, 0) is 15.1 Å². The number of nitrogens with one attached hydrogen (secondary N) is 2. The summed E-state index contributed by atoms with van der Waals surface area (Å²) >= 11 is 0. The second-order valence-corrected chi connectivity index (χ2v) is 10.2. The van der Waals surface area contributed by atoms with Crippen LogP contribution in [0.1, 0.15) is 29.3 Å². The number of benzene rings is 3. The fraction of sp³-hybridized carbons (Fsp3) is 0.281. The molecular weight excluding hydrogens is 550 g/mol. The summed E-state index contributed by atoms with van der Waals surface area (Å²) < 4.78 is 26.6. The molecule has 11 heteroatoms. The van der Waals surface area contributed by atoms with E-state index >= 15 is 0 Å². The summed E-state index contributed by atoms with van der Waals surface area (Å²) in [6, 6.07) is 25.4. The van der Waals surface area contributed by atoms with Crippen LogP contribution in [0, 0.1) is 0 Å². The summed E-state index contributed by atoms with van der Waals surface area (Å²) in [5.41, 5.74) is 1.49. The van der Waals surface area contributed by atoms with E-state index in [-0.39, 0.29) is 24.1 Å². The third-order valence-electron chi connectivity index (χ3n) is 7.79. The Kier molecular flexibility index (Phi) is 7.85. The zero-order valence-corrected chi connectivity index (χ0v) is 24.1. The monoisotopic (exact) mass is 583 g/mol. The zero-order chi connectivity index (χ0) is 30.0. The largest absolute Gasteiger partial charge is 0.493 e. The van der Waals surface area contributed by atoms with Crippen molar-refractivity contribution in [2.75, 3.05) is 33.2 Å². The number of aromatic amines is 1. The Morgan fingerprint density at radius 3 is 2.35 bits per heavy atom. The van der Waals surface area contributed by atoms with Crippen LogP contribution < -0.4 is 20.3 Å². The number of hydrogen-bond acceptors (Lipinski definition) is 9. The van der Waals surface area contributed by atoms with Gasteiger partial charge in [-0.15, -0.1) is 0 Å². The first-order chi connectivity index (χ1) is 21.0. The van der Waals surface area contributed by atoms with Crippen molar-refractivity contribution in [3.63, 3.8) is 0 Å². The maximum absolute atomic E-state index is 12.5. The van der Waals surface area contributed by atoms with E-state index in [9.17, 15) is 9.90 Å². The van der Waals surface area contributed by atoms with Gasteiger partial charge in [-0.1, -0.05) is 72.8 Å². The molecule has 3 aromatic carbocycles. The first-order valence-electron chi connectivity index (χ1n) is 13.9. The number of nitrogens with zero attached hydrogens (tertiary/aromatic N) is 3. The highest BCUT2D eigenvalue weighted by atomic mass is 16.6. The van der Waals surface area contributed by atoms with Gasteiger partial charge in [0.05, 0.1) is 33.3 Å². The summed E-state index contributed by atoms with van der Waals surface area (Å²) in [7, 11) is 4.86. The molecule has 0 bridgehead atoms. The second-order valence-electron chi connectivity index (χ2n) is 10.2. The van der Waals surface area contributed by atoms with Crippen LogP contribution in [0.5, 0.6) is 11.5 Å². The molecule has 11 nitrogen and oxygen atoms in total. The first-order valence-corrected chi connectivity index (χ1v) is 13.9. The molecule has 1 aliphatic rings. The Hall–Kier alpha value is -4.71. The van der Waals surface area contributed by atoms with Gasteiger partial charge in [0.1, 0.15) is 17.9 Å². The smallest absolute Gasteiger partial charge is 0.280 e. The standard InChI is InChI=1S/C32H33N5O6/c1-33-31-35-29-27(30(39)36-31)34-19-37(29)26-17-23(38)25(43-26)18-42-32(20-11-6-4-7-12-20,21-13-8-5-9-14-21)22-15-10-16-24(40-2)28(22)41-3/h4-16,19,23,25-26,38H,17-18H2,1-3H3,(H2,33,35,36,39)/t23-,25+,26+/m0/s1. The fourth-order valence-electron chi connectivity index (χ4n) is 5.73. The van der Waals surface area contributed by atoms with Gasteiger partial charge in [-0.25, -0.2) is 4.98 Å². The molecule has 1 aliphatic heterocycles. The highest BCUT2D eigenvalue weighted by Crippen LogP contribution is 2.48. The lowest BCUT2D eigenvalue weighted by atomic mass is 9.79. The molecule has 1 saturated heterocycles. The number of aliphatic hydroxyl groups is 1. The molecule has 43 heavy (non-hydrogen) atoms. The molecule has 3 N–H and O–H groups in total. The van der Waals surface area contributed by atoms with Gasteiger partial charge in [-0.2, -0.15) is 4.98 Å². The normalized spacial score (nSPS) is 18.6. The van der Waals surface area contributed by atoms with E-state index in [1.165, 1.54) is 6.33 Å². The number of fused-ring (bicyclic) bond motifs is 1. The zero-order valence-electron chi connectivity index (χ0n) is 24.1. The number of aliphatic hydroxyl groups excluding tert-OH is 1. The molecule has 0 aliphatic carbocycles. The number of hydrogen-bond donors (Lipinski definition) is 3. The lowest BCUT2D eigenvalue weighted by Gasteiger charge is -2.38. The summed E-state index contributed by atoms with van der Waals surface area (Å²) in [5.74, 6) is 1.40. The van der Waals surface area contributed by atoms with Crippen molar-refractivity contribution >= 4 is 17.1 Å². The topological polar surface area (TPSA) is 133 Å². The van der Waals surface area contributed by atoms with Gasteiger partial charge < -0.3 is 29.4 Å². The summed E-state index contributed by atoms with van der Waals surface area (Å²) in [6.07, 6.45) is -0.399. The summed E-state index contributed by atoms with van der Waals surface area (Å²) in [6.45, 7) is 0.0320. The van der Waals surface area contributed by atoms with Crippen LogP contribution in [0.2, 0.25) is 0 Å². The average Bonchev–Trinajstić information content (AvgIpc) is 3.65. The van der Waals surface area contributed by atoms with Crippen LogP contribution in [0.25, 0.3) is 11.2 Å². The Morgan fingerprint density at radius 2 is 1.72 bits per heavy atom. The molecule has 0 spiro atoms. The van der Waals surface area contributed by atoms with Gasteiger partial charge in [0.2, 0.25) is 5.95 Å². The highest BCUT2D eigenvalue weighted by Gasteiger charge is 2.44. The number of anilines is 1. The number of H-pyrrole nitrogens is 1. The quantitative estimate of drug-likeness (QED) is 0.210. The van der Waals surface area contributed by atoms with E-state index in [0.29, 0.717) is 23.1 Å². The SMILES string of the molecule is CNc1nc2c(ncn2[C@H]2C[C@H](O)[C@@H](COC(c3ccccc3)(c3ccccc3)c3cccc(OC)c3OC)O2)c(=O)[nH]1. The minimum atomic E-state index is -1.15. The summed E-state index contributed by atoms with van der Waals surface area (Å²) in [5, 5.41) is 14.0. The van der Waals surface area contributed by atoms with Crippen LogP contribution in [-0.4, -0.2) is 64.7 Å². The van der Waals surface area contributed by atoms with Crippen LogP contribution in [0.15, 0.2) is 90.0 Å². The molecule has 0 radical (unpaired) electrons. The lowest BCUT2D eigenvalue weighted by molar-refractivity contribution is -0.0935. The van der Waals surface area contributed by atoms with E-state index < -0.39 is 24.0 Å². The Balaban J connectivity index is 1.40. The Bertz CT molecular complexity index is 1720. The van der Waals surface area contributed by atoms with Gasteiger partial charge in [-0.3, -0.25) is 14.3 Å². The molecule has 5 aromatic rings. The number of imidazole rings is 1. The van der Waals surface area contributed by atoms with Crippen molar-refractivity contribution in [2.45, 2.75) is 30.5 Å². The number of aromatic nitrogens is 4. The predicted molar refractivity (Wildman–Crippen MR) is 160 cm³/mol. The minimum Gasteiger partial charge on any atom is -0.493 e. The van der Waals surface area contributed by atoms with Crippen LogP contribution in [0.3, 0.4) is 0 Å². The van der Waals surface area contributed by atoms with Crippen LogP contribution in [0.4, 0.5) is 5.95 Å². The Morgan fingerprint density at radius 1 is 1.02 bits per heavy atom. The third-order valence-corrected chi connectivity index (χ3v) is 7.79. The molecule has 6 rings (SSSR count). The van der Waals surface area contributed by atoms with Crippen molar-refractivity contribution in [2.24, 2.45) is 0 Å². The maximum atomic E-state index is 12.5. The van der Waals surface area contributed by atoms with Crippen molar-refractivity contribution in [3.05, 3.63) is 112 Å². The highest BCUT2D eigenvalue weighted by molar-refractivity contribution is 5.70. The molecule has 0 saturated carbocycles. The van der Waals surface area contributed by atoms with Crippen molar-refractivity contribution in [1.29, 1.82) is 0 Å². The van der Waals surface area contributed by atoms with Gasteiger partial charge in [0, 0.05) is 19.0 Å². The van der Waals surface area contributed by atoms with E-state index in [1.807, 2.05) is 78.9 Å². The van der Waals surface area contributed by atoms with Gasteiger partial charge >= 0.3 is 0 Å². The van der Waals surface area contributed by atoms with Gasteiger partial charge in [0.15, 0.2) is 22.7 Å². The fourth-order valence-corrected chi connectivity index (χ4v) is 5.73. The molecule has 1 fully saturated rings. The lowest BCUT2D eigenvalue weighted by Crippen LogP contribution is -2.38. The predicted octanol–water partition coefficient (Wildman–Crippen LogP) is 3.84. The number of methoxy groups -OCH3 is 2. The number of rotatable bonds is 10. The molecular formula is C32H33N5O6. The van der Waals surface area contributed by atoms with Gasteiger partial charge in [0.25, 0.3) is 5.56 Å². The van der Waals surface area contributed by atoms with Crippen molar-refractivity contribution in [1.82, 2.24) is 19.5 Å². The van der Waals surface area contributed by atoms with E-state index in [0.717, 1.165) is 16.7 Å². The van der Waals surface area contributed by atoms with E-state index in [4.69, 9.17) is 18.9 Å². The molecule has 2 aromatic heterocycles. The first kappa shape index (κ1) is 28.4. The minimum absolute atomic E-state index is 0.0320. The molecule has 0 unspecified atom stereocenters. The number of ether oxygens (including phenoxy) is 4. The second kappa shape index (κ2) is 11.9. The number of para-hydroxylation sites is 1. The molecule has 0 amide bonds. The average molecular weight is 584 g/mol. The maximum Gasteiger partial charge on any atom is 0.280 e.